The van der Waals surface area contributed by atoms with Crippen molar-refractivity contribution in [1.29, 1.82) is 0 Å². The summed E-state index contributed by atoms with van der Waals surface area (Å²) < 4.78 is 11.0. The van der Waals surface area contributed by atoms with Crippen molar-refractivity contribution in [2.75, 3.05) is 36.5 Å². The van der Waals surface area contributed by atoms with E-state index >= 15 is 0 Å². The zero-order valence-electron chi connectivity index (χ0n) is 16.5. The van der Waals surface area contributed by atoms with E-state index in [0.29, 0.717) is 18.8 Å². The van der Waals surface area contributed by atoms with Gasteiger partial charge in [0.05, 0.1) is 37.8 Å². The molecule has 0 saturated carbocycles. The standard InChI is InChI=1S/C21H28N4O3/c1-16(2)28-15-18-5-3-4-17(12-18)13-23-21(26)24-19-6-7-20(22-14-19)25-8-10-27-11-9-25/h3-7,12,14,16H,8-11,13,15H2,1-2H3,(H2,23,24,26). The smallest absolute Gasteiger partial charge is 0.319 e. The molecule has 1 aromatic carbocycles. The Bertz CT molecular complexity index is 759. The van der Waals surface area contributed by atoms with E-state index in [2.05, 4.69) is 20.5 Å². The topological polar surface area (TPSA) is 75.7 Å². The average Bonchev–Trinajstić information content (AvgIpc) is 2.72. The Morgan fingerprint density at radius 1 is 1.21 bits per heavy atom. The highest BCUT2D eigenvalue weighted by Gasteiger charge is 2.12. The van der Waals surface area contributed by atoms with Gasteiger partial charge in [0.25, 0.3) is 0 Å². The number of benzene rings is 1. The minimum atomic E-state index is -0.259. The molecule has 1 aliphatic rings. The fraction of sp³-hybridized carbons (Fsp3) is 0.429. The largest absolute Gasteiger partial charge is 0.378 e. The van der Waals surface area contributed by atoms with Crippen LogP contribution >= 0.6 is 0 Å². The third kappa shape index (κ3) is 6.21. The van der Waals surface area contributed by atoms with Crippen LogP contribution in [-0.4, -0.2) is 43.4 Å². The number of nitrogens with zero attached hydrogens (tertiary/aromatic N) is 2. The molecule has 0 atom stereocenters. The van der Waals surface area contributed by atoms with Crippen LogP contribution in [0, 0.1) is 0 Å². The van der Waals surface area contributed by atoms with Gasteiger partial charge in [-0.15, -0.1) is 0 Å². The molecular formula is C21H28N4O3. The fourth-order valence-corrected chi connectivity index (χ4v) is 2.89. The number of ether oxygens (including phenoxy) is 2. The van der Waals surface area contributed by atoms with Crippen molar-refractivity contribution in [2.24, 2.45) is 0 Å². The first-order valence-electron chi connectivity index (χ1n) is 9.63. The number of amides is 2. The van der Waals surface area contributed by atoms with E-state index in [-0.39, 0.29) is 12.1 Å². The van der Waals surface area contributed by atoms with Gasteiger partial charge in [-0.1, -0.05) is 24.3 Å². The van der Waals surface area contributed by atoms with Crippen LogP contribution in [0.3, 0.4) is 0 Å². The number of hydrogen-bond acceptors (Lipinski definition) is 5. The number of anilines is 2. The molecule has 1 fully saturated rings. The number of carbonyl (C=O) groups is 1. The van der Waals surface area contributed by atoms with Crippen molar-refractivity contribution in [3.8, 4) is 0 Å². The van der Waals surface area contributed by atoms with E-state index < -0.39 is 0 Å². The predicted octanol–water partition coefficient (Wildman–Crippen LogP) is 3.16. The minimum Gasteiger partial charge on any atom is -0.378 e. The Balaban J connectivity index is 1.47. The molecule has 0 aliphatic carbocycles. The molecule has 0 radical (unpaired) electrons. The predicted molar refractivity (Wildman–Crippen MR) is 109 cm³/mol. The molecule has 3 rings (SSSR count). The van der Waals surface area contributed by atoms with Crippen molar-refractivity contribution >= 4 is 17.5 Å². The van der Waals surface area contributed by atoms with Gasteiger partial charge in [0.15, 0.2) is 0 Å². The lowest BCUT2D eigenvalue weighted by Gasteiger charge is -2.27. The number of nitrogens with one attached hydrogen (secondary N) is 2. The lowest BCUT2D eigenvalue weighted by Crippen LogP contribution is -2.36. The maximum atomic E-state index is 12.2. The molecule has 1 saturated heterocycles. The first-order chi connectivity index (χ1) is 13.6. The Kier molecular flexibility index (Phi) is 7.22. The molecule has 2 amide bonds. The molecule has 7 heteroatoms. The van der Waals surface area contributed by atoms with Gasteiger partial charge in [0.2, 0.25) is 0 Å². The monoisotopic (exact) mass is 384 g/mol. The van der Waals surface area contributed by atoms with E-state index in [1.54, 1.807) is 6.20 Å². The molecular weight excluding hydrogens is 356 g/mol. The number of carbonyl (C=O) groups excluding carboxylic acids is 1. The van der Waals surface area contributed by atoms with E-state index in [1.807, 2.05) is 50.2 Å². The second-order valence-corrected chi connectivity index (χ2v) is 6.99. The Morgan fingerprint density at radius 2 is 2.00 bits per heavy atom. The summed E-state index contributed by atoms with van der Waals surface area (Å²) >= 11 is 0. The first-order valence-corrected chi connectivity index (χ1v) is 9.63. The van der Waals surface area contributed by atoms with Crippen LogP contribution in [0.15, 0.2) is 42.6 Å². The molecule has 2 heterocycles. The number of pyridine rings is 1. The van der Waals surface area contributed by atoms with Crippen molar-refractivity contribution in [1.82, 2.24) is 10.3 Å². The highest BCUT2D eigenvalue weighted by Crippen LogP contribution is 2.15. The minimum absolute atomic E-state index is 0.191. The summed E-state index contributed by atoms with van der Waals surface area (Å²) in [5, 5.41) is 5.69. The lowest BCUT2D eigenvalue weighted by atomic mass is 10.1. The van der Waals surface area contributed by atoms with Crippen LogP contribution in [0.2, 0.25) is 0 Å². The SMILES string of the molecule is CC(C)OCc1cccc(CNC(=O)Nc2ccc(N3CCOCC3)nc2)c1. The average molecular weight is 384 g/mol. The van der Waals surface area contributed by atoms with E-state index in [4.69, 9.17) is 9.47 Å². The van der Waals surface area contributed by atoms with Crippen LogP contribution < -0.4 is 15.5 Å². The molecule has 1 aromatic heterocycles. The molecule has 0 spiro atoms. The van der Waals surface area contributed by atoms with E-state index in [9.17, 15) is 4.79 Å². The summed E-state index contributed by atoms with van der Waals surface area (Å²) in [6, 6.07) is 11.5. The summed E-state index contributed by atoms with van der Waals surface area (Å²) in [6.07, 6.45) is 1.87. The van der Waals surface area contributed by atoms with Gasteiger partial charge in [0, 0.05) is 19.6 Å². The number of urea groups is 1. The zero-order valence-corrected chi connectivity index (χ0v) is 16.5. The lowest BCUT2D eigenvalue weighted by molar-refractivity contribution is 0.0657. The summed E-state index contributed by atoms with van der Waals surface area (Å²) in [5.74, 6) is 0.898. The molecule has 0 bridgehead atoms. The normalized spacial score (nSPS) is 14.2. The Hall–Kier alpha value is -2.64. The van der Waals surface area contributed by atoms with Gasteiger partial charge in [-0.05, 0) is 37.1 Å². The van der Waals surface area contributed by atoms with E-state index in [0.717, 1.165) is 43.2 Å². The summed E-state index contributed by atoms with van der Waals surface area (Å²) in [7, 11) is 0. The second-order valence-electron chi connectivity index (χ2n) is 6.99. The maximum absolute atomic E-state index is 12.2. The van der Waals surface area contributed by atoms with Crippen molar-refractivity contribution in [3.05, 3.63) is 53.7 Å². The molecule has 1 aliphatic heterocycles. The molecule has 28 heavy (non-hydrogen) atoms. The van der Waals surface area contributed by atoms with E-state index in [1.165, 1.54) is 0 Å². The van der Waals surface area contributed by atoms with Crippen LogP contribution in [-0.2, 0) is 22.6 Å². The summed E-state index contributed by atoms with van der Waals surface area (Å²) in [5.41, 5.74) is 2.78. The fourth-order valence-electron chi connectivity index (χ4n) is 2.89. The number of hydrogen-bond donors (Lipinski definition) is 2. The second kappa shape index (κ2) is 10.1. The van der Waals surface area contributed by atoms with Crippen molar-refractivity contribution in [2.45, 2.75) is 33.1 Å². The van der Waals surface area contributed by atoms with Gasteiger partial charge in [0.1, 0.15) is 5.82 Å². The highest BCUT2D eigenvalue weighted by molar-refractivity contribution is 5.89. The summed E-state index contributed by atoms with van der Waals surface area (Å²) in [6.45, 7) is 8.14. The molecule has 2 aromatic rings. The summed E-state index contributed by atoms with van der Waals surface area (Å²) in [4.78, 5) is 18.8. The van der Waals surface area contributed by atoms with Crippen molar-refractivity contribution < 1.29 is 14.3 Å². The van der Waals surface area contributed by atoms with Crippen LogP contribution in [0.4, 0.5) is 16.3 Å². The quantitative estimate of drug-likeness (QED) is 0.767. The number of aromatic nitrogens is 1. The van der Waals surface area contributed by atoms with Crippen LogP contribution in [0.5, 0.6) is 0 Å². The zero-order chi connectivity index (χ0) is 19.8. The third-order valence-corrected chi connectivity index (χ3v) is 4.37. The van der Waals surface area contributed by atoms with Gasteiger partial charge >= 0.3 is 6.03 Å². The highest BCUT2D eigenvalue weighted by atomic mass is 16.5. The maximum Gasteiger partial charge on any atom is 0.319 e. The van der Waals surface area contributed by atoms with Gasteiger partial charge in [-0.3, -0.25) is 0 Å². The molecule has 0 unspecified atom stereocenters. The number of rotatable bonds is 7. The van der Waals surface area contributed by atoms with Gasteiger partial charge in [-0.2, -0.15) is 0 Å². The van der Waals surface area contributed by atoms with Crippen LogP contribution in [0.25, 0.3) is 0 Å². The van der Waals surface area contributed by atoms with Crippen molar-refractivity contribution in [3.63, 3.8) is 0 Å². The van der Waals surface area contributed by atoms with Crippen LogP contribution in [0.1, 0.15) is 25.0 Å². The number of morpholine rings is 1. The Morgan fingerprint density at radius 3 is 2.71 bits per heavy atom. The Labute approximate surface area is 166 Å². The molecule has 150 valence electrons. The van der Waals surface area contributed by atoms with Gasteiger partial charge < -0.3 is 25.0 Å². The van der Waals surface area contributed by atoms with Gasteiger partial charge in [-0.25, -0.2) is 9.78 Å². The third-order valence-electron chi connectivity index (χ3n) is 4.37. The molecule has 2 N–H and O–H groups in total. The first kappa shape index (κ1) is 20.1. The molecule has 7 nitrogen and oxygen atoms in total.